The Morgan fingerprint density at radius 1 is 1.37 bits per heavy atom. The lowest BCUT2D eigenvalue weighted by molar-refractivity contribution is 0.179. The lowest BCUT2D eigenvalue weighted by atomic mass is 10.1. The Bertz CT molecular complexity index is 529. The molecule has 0 N–H and O–H groups in total. The van der Waals surface area contributed by atoms with E-state index in [4.69, 9.17) is 4.74 Å². The second-order valence-corrected chi connectivity index (χ2v) is 4.99. The first-order chi connectivity index (χ1) is 9.11. The number of methoxy groups -OCH3 is 1. The number of ether oxygens (including phenoxy) is 1. The molecule has 0 aliphatic carbocycles. The molecule has 0 fully saturated rings. The van der Waals surface area contributed by atoms with Gasteiger partial charge in [0.1, 0.15) is 12.4 Å². The maximum absolute atomic E-state index is 12.9. The Morgan fingerprint density at radius 3 is 2.68 bits per heavy atom. The number of hydrogen-bond donors (Lipinski definition) is 0. The van der Waals surface area contributed by atoms with Crippen molar-refractivity contribution in [1.82, 2.24) is 9.36 Å². The van der Waals surface area contributed by atoms with Crippen molar-refractivity contribution in [3.8, 4) is 0 Å². The van der Waals surface area contributed by atoms with Crippen molar-refractivity contribution in [3.05, 3.63) is 41.5 Å². The quantitative estimate of drug-likeness (QED) is 0.844. The first-order valence-corrected chi connectivity index (χ1v) is 6.69. The highest BCUT2D eigenvalue weighted by Crippen LogP contribution is 2.26. The van der Waals surface area contributed by atoms with Gasteiger partial charge in [-0.25, -0.2) is 9.37 Å². The summed E-state index contributed by atoms with van der Waals surface area (Å²) in [6, 6.07) is 6.61. The minimum Gasteiger partial charge on any atom is -0.377 e. The van der Waals surface area contributed by atoms with Crippen LogP contribution >= 0.6 is 11.5 Å². The van der Waals surface area contributed by atoms with E-state index in [0.29, 0.717) is 12.4 Å². The zero-order valence-electron chi connectivity index (χ0n) is 11.1. The van der Waals surface area contributed by atoms with Gasteiger partial charge in [-0.05, 0) is 24.6 Å². The van der Waals surface area contributed by atoms with Crippen molar-refractivity contribution >= 4 is 16.7 Å². The van der Waals surface area contributed by atoms with Gasteiger partial charge in [-0.1, -0.05) is 12.1 Å². The molecule has 0 amide bonds. The predicted octanol–water partition coefficient (Wildman–Crippen LogP) is 3.02. The summed E-state index contributed by atoms with van der Waals surface area (Å²) in [7, 11) is 3.57. The minimum absolute atomic E-state index is 0.101. The van der Waals surface area contributed by atoms with Gasteiger partial charge in [-0.15, -0.1) is 0 Å². The number of hydrogen-bond acceptors (Lipinski definition) is 5. The SMILES string of the molecule is COCc1nsc(N(C)C(C)c2ccc(F)cc2)n1. The largest absolute Gasteiger partial charge is 0.377 e. The van der Waals surface area contributed by atoms with E-state index in [-0.39, 0.29) is 11.9 Å². The fourth-order valence-electron chi connectivity index (χ4n) is 1.71. The molecule has 0 saturated carbocycles. The zero-order valence-corrected chi connectivity index (χ0v) is 11.9. The summed E-state index contributed by atoms with van der Waals surface area (Å²) >= 11 is 1.33. The van der Waals surface area contributed by atoms with Gasteiger partial charge in [-0.2, -0.15) is 4.37 Å². The number of nitrogens with zero attached hydrogens (tertiary/aromatic N) is 3. The van der Waals surface area contributed by atoms with Crippen molar-refractivity contribution < 1.29 is 9.13 Å². The first-order valence-electron chi connectivity index (χ1n) is 5.91. The lowest BCUT2D eigenvalue weighted by Crippen LogP contribution is -2.21. The van der Waals surface area contributed by atoms with Crippen LogP contribution in [-0.4, -0.2) is 23.5 Å². The third-order valence-corrected chi connectivity index (χ3v) is 3.81. The van der Waals surface area contributed by atoms with Crippen LogP contribution in [0.15, 0.2) is 24.3 Å². The van der Waals surface area contributed by atoms with E-state index >= 15 is 0 Å². The number of rotatable bonds is 5. The van der Waals surface area contributed by atoms with Crippen LogP contribution in [0.2, 0.25) is 0 Å². The Kier molecular flexibility index (Phi) is 4.44. The third-order valence-electron chi connectivity index (χ3n) is 2.97. The average molecular weight is 281 g/mol. The fraction of sp³-hybridized carbons (Fsp3) is 0.385. The molecule has 4 nitrogen and oxygen atoms in total. The number of anilines is 1. The number of halogens is 1. The van der Waals surface area contributed by atoms with Crippen molar-refractivity contribution in [2.45, 2.75) is 19.6 Å². The van der Waals surface area contributed by atoms with Gasteiger partial charge in [0, 0.05) is 25.7 Å². The molecule has 102 valence electrons. The maximum Gasteiger partial charge on any atom is 0.205 e. The van der Waals surface area contributed by atoms with Crippen molar-refractivity contribution in [2.24, 2.45) is 0 Å². The number of aromatic nitrogens is 2. The van der Waals surface area contributed by atoms with E-state index < -0.39 is 0 Å². The summed E-state index contributed by atoms with van der Waals surface area (Å²) in [5.41, 5.74) is 1.03. The molecule has 0 aliphatic heterocycles. The summed E-state index contributed by atoms with van der Waals surface area (Å²) in [5, 5.41) is 0.823. The van der Waals surface area contributed by atoms with Gasteiger partial charge in [-0.3, -0.25) is 0 Å². The van der Waals surface area contributed by atoms with E-state index in [1.165, 1.54) is 23.7 Å². The fourth-order valence-corrected chi connectivity index (χ4v) is 2.42. The molecule has 2 rings (SSSR count). The first kappa shape index (κ1) is 13.9. The summed E-state index contributed by atoms with van der Waals surface area (Å²) < 4.78 is 22.1. The summed E-state index contributed by atoms with van der Waals surface area (Å²) in [4.78, 5) is 6.42. The van der Waals surface area contributed by atoms with Gasteiger partial charge in [0.15, 0.2) is 5.82 Å². The Labute approximate surface area is 116 Å². The number of benzene rings is 1. The summed E-state index contributed by atoms with van der Waals surface area (Å²) in [6.07, 6.45) is 0. The highest BCUT2D eigenvalue weighted by Gasteiger charge is 2.16. The van der Waals surface area contributed by atoms with E-state index in [1.807, 2.05) is 18.9 Å². The molecule has 2 aromatic rings. The van der Waals surface area contributed by atoms with Gasteiger partial charge in [0.25, 0.3) is 0 Å². The highest BCUT2D eigenvalue weighted by molar-refractivity contribution is 7.09. The van der Waals surface area contributed by atoms with E-state index in [0.717, 1.165) is 10.7 Å². The van der Waals surface area contributed by atoms with Crippen molar-refractivity contribution in [2.75, 3.05) is 19.1 Å². The van der Waals surface area contributed by atoms with E-state index in [1.54, 1.807) is 19.2 Å². The minimum atomic E-state index is -0.225. The van der Waals surface area contributed by atoms with E-state index in [9.17, 15) is 4.39 Å². The molecule has 1 atom stereocenters. The standard InChI is InChI=1S/C13H16FN3OS/c1-9(10-4-6-11(14)7-5-10)17(2)13-15-12(8-18-3)16-19-13/h4-7,9H,8H2,1-3H3. The normalized spacial score (nSPS) is 12.4. The van der Waals surface area contributed by atoms with Crippen molar-refractivity contribution in [3.63, 3.8) is 0 Å². The topological polar surface area (TPSA) is 38.2 Å². The van der Waals surface area contributed by atoms with Gasteiger partial charge >= 0.3 is 0 Å². The average Bonchev–Trinajstić information content (AvgIpc) is 2.87. The van der Waals surface area contributed by atoms with Gasteiger partial charge in [0.2, 0.25) is 5.13 Å². The lowest BCUT2D eigenvalue weighted by Gasteiger charge is -2.24. The summed E-state index contributed by atoms with van der Waals surface area (Å²) in [6.45, 7) is 2.46. The molecule has 1 aromatic carbocycles. The van der Waals surface area contributed by atoms with Crippen LogP contribution in [0.25, 0.3) is 0 Å². The van der Waals surface area contributed by atoms with Gasteiger partial charge < -0.3 is 9.64 Å². The maximum atomic E-state index is 12.9. The van der Waals surface area contributed by atoms with E-state index in [2.05, 4.69) is 9.36 Å². The second kappa shape index (κ2) is 6.08. The highest BCUT2D eigenvalue weighted by atomic mass is 32.1. The van der Waals surface area contributed by atoms with Crippen molar-refractivity contribution in [1.29, 1.82) is 0 Å². The molecule has 0 bridgehead atoms. The molecule has 6 heteroatoms. The smallest absolute Gasteiger partial charge is 0.205 e. The van der Waals surface area contributed by atoms with Crippen LogP contribution in [0.4, 0.5) is 9.52 Å². The Balaban J connectivity index is 2.13. The molecule has 1 aromatic heterocycles. The predicted molar refractivity (Wildman–Crippen MR) is 73.8 cm³/mol. The molecule has 0 saturated heterocycles. The second-order valence-electron chi connectivity index (χ2n) is 4.26. The molecule has 1 heterocycles. The van der Waals surface area contributed by atoms with Crippen LogP contribution in [0.5, 0.6) is 0 Å². The molecule has 19 heavy (non-hydrogen) atoms. The summed E-state index contributed by atoms with van der Waals surface area (Å²) in [5.74, 6) is 0.456. The molecular formula is C13H16FN3OS. The molecular weight excluding hydrogens is 265 g/mol. The van der Waals surface area contributed by atoms with Crippen LogP contribution in [0, 0.1) is 5.82 Å². The van der Waals surface area contributed by atoms with Crippen LogP contribution in [0.1, 0.15) is 24.4 Å². The third kappa shape index (κ3) is 3.27. The van der Waals surface area contributed by atoms with Crippen LogP contribution in [-0.2, 0) is 11.3 Å². The zero-order chi connectivity index (χ0) is 13.8. The van der Waals surface area contributed by atoms with Gasteiger partial charge in [0.05, 0.1) is 6.04 Å². The Hall–Kier alpha value is -1.53. The van der Waals surface area contributed by atoms with Crippen LogP contribution < -0.4 is 4.90 Å². The molecule has 0 aliphatic rings. The Morgan fingerprint density at radius 2 is 2.05 bits per heavy atom. The molecule has 0 spiro atoms. The monoisotopic (exact) mass is 281 g/mol. The molecule has 1 unspecified atom stereocenters. The van der Waals surface area contributed by atoms with Crippen LogP contribution in [0.3, 0.4) is 0 Å². The molecule has 0 radical (unpaired) electrons.